The fraction of sp³-hybridized carbons (Fsp3) is 0.133. The number of hydrogen-bond acceptors (Lipinski definition) is 5. The first-order chi connectivity index (χ1) is 10.5. The first-order valence-electron chi connectivity index (χ1n) is 6.43. The largest absolute Gasteiger partial charge is 0.454 e. The van der Waals surface area contributed by atoms with Crippen LogP contribution >= 0.6 is 11.6 Å². The van der Waals surface area contributed by atoms with Crippen molar-refractivity contribution in [1.29, 1.82) is 0 Å². The van der Waals surface area contributed by atoms with Gasteiger partial charge in [0.05, 0.1) is 22.2 Å². The molecule has 22 heavy (non-hydrogen) atoms. The Morgan fingerprint density at radius 1 is 1.27 bits per heavy atom. The molecule has 0 atom stereocenters. The summed E-state index contributed by atoms with van der Waals surface area (Å²) in [5, 5.41) is 11.8. The molecule has 1 heterocycles. The molecule has 1 aliphatic rings. The summed E-state index contributed by atoms with van der Waals surface area (Å²) in [6.45, 7) is 1.94. The molecule has 0 spiro atoms. The maximum absolute atomic E-state index is 11.2. The van der Waals surface area contributed by atoms with Gasteiger partial charge < -0.3 is 9.47 Å². The summed E-state index contributed by atoms with van der Waals surface area (Å²) < 4.78 is 10.4. The molecule has 2 aromatic rings. The zero-order chi connectivity index (χ0) is 15.7. The Labute approximate surface area is 131 Å². The molecule has 0 unspecified atom stereocenters. The summed E-state index contributed by atoms with van der Waals surface area (Å²) >= 11 is 6.04. The summed E-state index contributed by atoms with van der Waals surface area (Å²) in [6.07, 6.45) is 1.42. The van der Waals surface area contributed by atoms with Crippen LogP contribution < -0.4 is 9.47 Å². The summed E-state index contributed by atoms with van der Waals surface area (Å²) in [6, 6.07) is 8.21. The number of nitro groups is 1. The summed E-state index contributed by atoms with van der Waals surface area (Å²) in [5.74, 6) is 0.830. The van der Waals surface area contributed by atoms with Crippen molar-refractivity contribution in [1.82, 2.24) is 0 Å². The molecule has 0 aliphatic carbocycles. The second-order valence-electron chi connectivity index (χ2n) is 4.71. The minimum Gasteiger partial charge on any atom is -0.454 e. The van der Waals surface area contributed by atoms with Crippen LogP contribution in [0.5, 0.6) is 11.5 Å². The van der Waals surface area contributed by atoms with Crippen LogP contribution in [0.2, 0.25) is 5.02 Å². The van der Waals surface area contributed by atoms with E-state index in [9.17, 15) is 10.1 Å². The number of aliphatic imine (C=N–C) groups is 1. The van der Waals surface area contributed by atoms with Crippen molar-refractivity contribution in [2.45, 2.75) is 6.92 Å². The van der Waals surface area contributed by atoms with Gasteiger partial charge in [-0.25, -0.2) is 0 Å². The maximum atomic E-state index is 11.2. The number of aryl methyl sites for hydroxylation is 1. The van der Waals surface area contributed by atoms with Gasteiger partial charge in [-0.2, -0.15) is 0 Å². The molecule has 0 radical (unpaired) electrons. The molecular weight excluding hydrogens is 308 g/mol. The van der Waals surface area contributed by atoms with Crippen molar-refractivity contribution in [3.63, 3.8) is 0 Å². The van der Waals surface area contributed by atoms with Crippen LogP contribution in [0.4, 0.5) is 11.4 Å². The van der Waals surface area contributed by atoms with Crippen LogP contribution in [0, 0.1) is 17.0 Å². The smallest absolute Gasteiger partial charge is 0.282 e. The highest BCUT2D eigenvalue weighted by atomic mass is 35.5. The van der Waals surface area contributed by atoms with E-state index in [-0.39, 0.29) is 12.5 Å². The minimum atomic E-state index is -0.481. The zero-order valence-corrected chi connectivity index (χ0v) is 12.3. The number of halogens is 1. The predicted octanol–water partition coefficient (Wildman–Crippen LogP) is 4.04. The molecule has 0 fully saturated rings. The first-order valence-corrected chi connectivity index (χ1v) is 6.80. The maximum Gasteiger partial charge on any atom is 0.282 e. The van der Waals surface area contributed by atoms with Crippen LogP contribution in [0.15, 0.2) is 35.3 Å². The number of ether oxygens (including phenoxy) is 2. The zero-order valence-electron chi connectivity index (χ0n) is 11.6. The Morgan fingerprint density at radius 2 is 2.00 bits per heavy atom. The monoisotopic (exact) mass is 318 g/mol. The number of hydrogen-bond donors (Lipinski definition) is 0. The van der Waals surface area contributed by atoms with Crippen molar-refractivity contribution in [2.24, 2.45) is 4.99 Å². The van der Waals surface area contributed by atoms with E-state index in [2.05, 4.69) is 4.99 Å². The molecule has 7 heteroatoms. The molecular formula is C15H11ClN2O4. The molecule has 0 saturated carbocycles. The highest BCUT2D eigenvalue weighted by Crippen LogP contribution is 2.37. The predicted molar refractivity (Wildman–Crippen MR) is 82.7 cm³/mol. The molecule has 0 bridgehead atoms. The van der Waals surface area contributed by atoms with Gasteiger partial charge in [0.1, 0.15) is 0 Å². The average Bonchev–Trinajstić information content (AvgIpc) is 2.94. The molecule has 6 nitrogen and oxygen atoms in total. The number of rotatable bonds is 3. The molecule has 0 saturated heterocycles. The van der Waals surface area contributed by atoms with Crippen LogP contribution in [-0.2, 0) is 0 Å². The van der Waals surface area contributed by atoms with Crippen molar-refractivity contribution in [3.8, 4) is 11.5 Å². The van der Waals surface area contributed by atoms with Gasteiger partial charge in [0.25, 0.3) is 5.69 Å². The number of benzene rings is 2. The molecule has 112 valence electrons. The van der Waals surface area contributed by atoms with Crippen LogP contribution in [0.3, 0.4) is 0 Å². The van der Waals surface area contributed by atoms with E-state index in [0.717, 1.165) is 5.56 Å². The van der Waals surface area contributed by atoms with Gasteiger partial charge in [-0.3, -0.25) is 15.1 Å². The van der Waals surface area contributed by atoms with E-state index < -0.39 is 4.92 Å². The Morgan fingerprint density at radius 3 is 2.68 bits per heavy atom. The number of fused-ring (bicyclic) bond motifs is 1. The second kappa shape index (κ2) is 5.65. The second-order valence-corrected chi connectivity index (χ2v) is 5.12. The van der Waals surface area contributed by atoms with E-state index in [1.54, 1.807) is 18.2 Å². The molecule has 1 aliphatic heterocycles. The Hall–Kier alpha value is -2.60. The van der Waals surface area contributed by atoms with Crippen LogP contribution in [0.25, 0.3) is 0 Å². The summed E-state index contributed by atoms with van der Waals surface area (Å²) in [5.41, 5.74) is 1.80. The first kappa shape index (κ1) is 14.3. The van der Waals surface area contributed by atoms with Crippen molar-refractivity contribution in [3.05, 3.63) is 56.6 Å². The van der Waals surface area contributed by atoms with Crippen LogP contribution in [0.1, 0.15) is 11.1 Å². The van der Waals surface area contributed by atoms with Gasteiger partial charge in [0, 0.05) is 11.2 Å². The Bertz CT molecular complexity index is 789. The SMILES string of the molecule is Cc1ccc(N=Cc2cc3c(cc2[N+](=O)[O-])OCO3)cc1Cl. The third kappa shape index (κ3) is 2.73. The standard InChI is InChI=1S/C15H11ClN2O4/c1-9-2-3-11(5-12(9)16)17-7-10-4-14-15(22-8-21-14)6-13(10)18(19)20/h2-7H,8H2,1H3. The molecule has 2 aromatic carbocycles. The third-order valence-electron chi connectivity index (χ3n) is 3.23. The van der Waals surface area contributed by atoms with E-state index >= 15 is 0 Å². The van der Waals surface area contributed by atoms with Crippen molar-refractivity contribution in [2.75, 3.05) is 6.79 Å². The lowest BCUT2D eigenvalue weighted by atomic mass is 10.1. The molecule has 3 rings (SSSR count). The fourth-order valence-electron chi connectivity index (χ4n) is 2.01. The van der Waals surface area contributed by atoms with Gasteiger partial charge in [-0.15, -0.1) is 0 Å². The van der Waals surface area contributed by atoms with E-state index in [1.807, 2.05) is 13.0 Å². The van der Waals surface area contributed by atoms with Gasteiger partial charge in [-0.05, 0) is 30.7 Å². The lowest BCUT2D eigenvalue weighted by Crippen LogP contribution is -1.94. The lowest BCUT2D eigenvalue weighted by Gasteiger charge is -2.01. The molecule has 0 N–H and O–H groups in total. The normalized spacial score (nSPS) is 12.8. The minimum absolute atomic E-state index is 0.0562. The summed E-state index contributed by atoms with van der Waals surface area (Å²) in [7, 11) is 0. The molecule has 0 amide bonds. The van der Waals surface area contributed by atoms with Crippen molar-refractivity contribution >= 4 is 29.2 Å². The van der Waals surface area contributed by atoms with Crippen LogP contribution in [-0.4, -0.2) is 17.9 Å². The lowest BCUT2D eigenvalue weighted by molar-refractivity contribution is -0.385. The van der Waals surface area contributed by atoms with Gasteiger partial charge in [0.15, 0.2) is 11.5 Å². The quantitative estimate of drug-likeness (QED) is 0.486. The topological polar surface area (TPSA) is 74.0 Å². The highest BCUT2D eigenvalue weighted by Gasteiger charge is 2.22. The van der Waals surface area contributed by atoms with Gasteiger partial charge >= 0.3 is 0 Å². The highest BCUT2D eigenvalue weighted by molar-refractivity contribution is 6.31. The number of nitrogens with zero attached hydrogens (tertiary/aromatic N) is 2. The van der Waals surface area contributed by atoms with E-state index in [0.29, 0.717) is 27.8 Å². The van der Waals surface area contributed by atoms with Gasteiger partial charge in [0.2, 0.25) is 6.79 Å². The molecule has 0 aromatic heterocycles. The average molecular weight is 319 g/mol. The Kier molecular flexibility index (Phi) is 3.68. The number of nitro benzene ring substituents is 1. The van der Waals surface area contributed by atoms with E-state index in [4.69, 9.17) is 21.1 Å². The van der Waals surface area contributed by atoms with Gasteiger partial charge in [-0.1, -0.05) is 17.7 Å². The fourth-order valence-corrected chi connectivity index (χ4v) is 2.19. The van der Waals surface area contributed by atoms with Crippen molar-refractivity contribution < 1.29 is 14.4 Å². The third-order valence-corrected chi connectivity index (χ3v) is 3.63. The van der Waals surface area contributed by atoms with E-state index in [1.165, 1.54) is 12.3 Å². The summed E-state index contributed by atoms with van der Waals surface area (Å²) in [4.78, 5) is 14.9. The Balaban J connectivity index is 1.98.